The van der Waals surface area contributed by atoms with Crippen LogP contribution >= 0.6 is 0 Å². The van der Waals surface area contributed by atoms with Crippen LogP contribution in [-0.4, -0.2) is 11.6 Å². The van der Waals surface area contributed by atoms with E-state index < -0.39 is 0 Å². The normalized spacial score (nSPS) is 12.2. The van der Waals surface area contributed by atoms with Gasteiger partial charge >= 0.3 is 0 Å². The maximum absolute atomic E-state index is 6.14. The second kappa shape index (κ2) is 6.34. The van der Waals surface area contributed by atoms with Crippen molar-refractivity contribution in [3.8, 4) is 5.75 Å². The molecule has 0 spiro atoms. The molecule has 0 amide bonds. The summed E-state index contributed by atoms with van der Waals surface area (Å²) in [6.07, 6.45) is 4.43. The minimum atomic E-state index is -0.0304. The van der Waals surface area contributed by atoms with Crippen LogP contribution in [0.3, 0.4) is 0 Å². The van der Waals surface area contributed by atoms with E-state index in [1.807, 2.05) is 37.5 Å². The van der Waals surface area contributed by atoms with Crippen LogP contribution in [0.1, 0.15) is 29.2 Å². The van der Waals surface area contributed by atoms with Crippen LogP contribution in [0.15, 0.2) is 42.7 Å². The third-order valence-corrected chi connectivity index (χ3v) is 3.01. The molecule has 19 heavy (non-hydrogen) atoms. The fraction of sp³-hybridized carbons (Fsp3) is 0.312. The molecule has 2 aromatic rings. The molecule has 0 aliphatic carbocycles. The third kappa shape index (κ3) is 4.07. The molecule has 0 radical (unpaired) electrons. The van der Waals surface area contributed by atoms with Crippen LogP contribution in [0.5, 0.6) is 5.75 Å². The largest absolute Gasteiger partial charge is 0.494 e. The number of aryl methyl sites for hydroxylation is 2. The van der Waals surface area contributed by atoms with Crippen molar-refractivity contribution in [3.05, 3.63) is 59.4 Å². The van der Waals surface area contributed by atoms with E-state index in [2.05, 4.69) is 24.0 Å². The third-order valence-electron chi connectivity index (χ3n) is 3.01. The molecule has 1 heterocycles. The van der Waals surface area contributed by atoms with Crippen LogP contribution in [-0.2, 0) is 0 Å². The summed E-state index contributed by atoms with van der Waals surface area (Å²) < 4.78 is 5.71. The van der Waals surface area contributed by atoms with Crippen LogP contribution in [0, 0.1) is 13.8 Å². The second-order valence-corrected chi connectivity index (χ2v) is 4.86. The van der Waals surface area contributed by atoms with Gasteiger partial charge in [0.15, 0.2) is 0 Å². The van der Waals surface area contributed by atoms with Gasteiger partial charge in [-0.15, -0.1) is 0 Å². The van der Waals surface area contributed by atoms with Crippen LogP contribution in [0.2, 0.25) is 0 Å². The van der Waals surface area contributed by atoms with Crippen LogP contribution < -0.4 is 10.5 Å². The second-order valence-electron chi connectivity index (χ2n) is 4.86. The molecular weight excluding hydrogens is 236 g/mol. The fourth-order valence-electron chi connectivity index (χ4n) is 1.96. The monoisotopic (exact) mass is 256 g/mol. The maximum atomic E-state index is 6.14. The lowest BCUT2D eigenvalue weighted by Gasteiger charge is -2.13. The number of pyridine rings is 1. The topological polar surface area (TPSA) is 48.1 Å². The van der Waals surface area contributed by atoms with Gasteiger partial charge in [0, 0.05) is 24.9 Å². The molecule has 0 fully saturated rings. The number of benzene rings is 1. The number of nitrogens with zero attached hydrogens (tertiary/aromatic N) is 1. The van der Waals surface area contributed by atoms with E-state index in [9.17, 15) is 0 Å². The van der Waals surface area contributed by atoms with Crippen molar-refractivity contribution in [2.75, 3.05) is 6.61 Å². The Hall–Kier alpha value is -1.87. The van der Waals surface area contributed by atoms with Crippen molar-refractivity contribution in [1.29, 1.82) is 0 Å². The van der Waals surface area contributed by atoms with Crippen molar-refractivity contribution >= 4 is 0 Å². The molecule has 100 valence electrons. The lowest BCUT2D eigenvalue weighted by molar-refractivity contribution is 0.298. The van der Waals surface area contributed by atoms with Gasteiger partial charge in [-0.25, -0.2) is 0 Å². The summed E-state index contributed by atoms with van der Waals surface area (Å²) in [6, 6.07) is 10.1. The molecule has 3 nitrogen and oxygen atoms in total. The molecule has 0 bridgehead atoms. The summed E-state index contributed by atoms with van der Waals surface area (Å²) in [6.45, 7) is 4.68. The zero-order chi connectivity index (χ0) is 13.7. The van der Waals surface area contributed by atoms with Crippen molar-refractivity contribution in [3.63, 3.8) is 0 Å². The molecule has 2 N–H and O–H groups in total. The Kier molecular flexibility index (Phi) is 4.53. The fourth-order valence-corrected chi connectivity index (χ4v) is 1.96. The number of ether oxygens (including phenoxy) is 1. The van der Waals surface area contributed by atoms with Crippen molar-refractivity contribution in [2.24, 2.45) is 5.73 Å². The summed E-state index contributed by atoms with van der Waals surface area (Å²) in [5, 5.41) is 0. The first-order valence-corrected chi connectivity index (χ1v) is 6.52. The minimum absolute atomic E-state index is 0.0304. The molecule has 1 aromatic carbocycles. The predicted molar refractivity (Wildman–Crippen MR) is 77.2 cm³/mol. The molecule has 2 rings (SSSR count). The number of hydrogen-bond donors (Lipinski definition) is 1. The lowest BCUT2D eigenvalue weighted by Crippen LogP contribution is -2.14. The van der Waals surface area contributed by atoms with Gasteiger partial charge in [0.1, 0.15) is 5.75 Å². The summed E-state index contributed by atoms with van der Waals surface area (Å²) in [7, 11) is 0. The summed E-state index contributed by atoms with van der Waals surface area (Å²) in [5.41, 5.74) is 9.53. The Morgan fingerprint density at radius 2 is 2.00 bits per heavy atom. The van der Waals surface area contributed by atoms with Gasteiger partial charge in [0.25, 0.3) is 0 Å². The van der Waals surface area contributed by atoms with Gasteiger partial charge in [-0.3, -0.25) is 4.98 Å². The van der Waals surface area contributed by atoms with Gasteiger partial charge < -0.3 is 10.5 Å². The van der Waals surface area contributed by atoms with Gasteiger partial charge in [0.2, 0.25) is 0 Å². The number of rotatable bonds is 5. The first-order chi connectivity index (χ1) is 9.15. The zero-order valence-electron chi connectivity index (χ0n) is 11.5. The highest BCUT2D eigenvalue weighted by molar-refractivity contribution is 5.27. The van der Waals surface area contributed by atoms with E-state index in [0.29, 0.717) is 6.61 Å². The van der Waals surface area contributed by atoms with E-state index >= 15 is 0 Å². The highest BCUT2D eigenvalue weighted by atomic mass is 16.5. The molecular formula is C16H20N2O. The Bertz CT molecular complexity index is 540. The van der Waals surface area contributed by atoms with Crippen molar-refractivity contribution in [1.82, 2.24) is 4.98 Å². The first kappa shape index (κ1) is 13.6. The highest BCUT2D eigenvalue weighted by Gasteiger charge is 2.07. The van der Waals surface area contributed by atoms with E-state index in [4.69, 9.17) is 10.5 Å². The van der Waals surface area contributed by atoms with Gasteiger partial charge in [-0.05, 0) is 42.7 Å². The zero-order valence-corrected chi connectivity index (χ0v) is 11.5. The van der Waals surface area contributed by atoms with Crippen LogP contribution in [0.25, 0.3) is 0 Å². The maximum Gasteiger partial charge on any atom is 0.119 e. The smallest absolute Gasteiger partial charge is 0.119 e. The molecule has 1 aromatic heterocycles. The minimum Gasteiger partial charge on any atom is -0.494 e. The Morgan fingerprint density at radius 3 is 2.74 bits per heavy atom. The average molecular weight is 256 g/mol. The molecule has 0 saturated carbocycles. The standard InChI is InChI=1S/C16H20N2O/c1-12-4-3-5-15(9-12)19-7-6-16(17)14-8-13(2)10-18-11-14/h3-5,8-11,16H,6-7,17H2,1-2H3. The van der Waals surface area contributed by atoms with E-state index in [1.54, 1.807) is 0 Å². The summed E-state index contributed by atoms with van der Waals surface area (Å²) >= 11 is 0. The van der Waals surface area contributed by atoms with Crippen molar-refractivity contribution < 1.29 is 4.74 Å². The lowest BCUT2D eigenvalue weighted by atomic mass is 10.1. The Morgan fingerprint density at radius 1 is 1.16 bits per heavy atom. The average Bonchev–Trinajstić information content (AvgIpc) is 2.38. The molecule has 0 aliphatic rings. The highest BCUT2D eigenvalue weighted by Crippen LogP contribution is 2.16. The summed E-state index contributed by atoms with van der Waals surface area (Å²) in [4.78, 5) is 4.16. The molecule has 0 saturated heterocycles. The van der Waals surface area contributed by atoms with Crippen molar-refractivity contribution in [2.45, 2.75) is 26.3 Å². The molecule has 1 atom stereocenters. The quantitative estimate of drug-likeness (QED) is 0.894. The van der Waals surface area contributed by atoms with E-state index in [1.165, 1.54) is 5.56 Å². The number of hydrogen-bond acceptors (Lipinski definition) is 3. The number of nitrogens with two attached hydrogens (primary N) is 1. The Labute approximate surface area is 114 Å². The van der Waals surface area contributed by atoms with E-state index in [-0.39, 0.29) is 6.04 Å². The van der Waals surface area contributed by atoms with Gasteiger partial charge in [-0.1, -0.05) is 18.2 Å². The molecule has 0 aliphatic heterocycles. The van der Waals surface area contributed by atoms with Gasteiger partial charge in [0.05, 0.1) is 6.61 Å². The first-order valence-electron chi connectivity index (χ1n) is 6.52. The van der Waals surface area contributed by atoms with E-state index in [0.717, 1.165) is 23.3 Å². The molecule has 1 unspecified atom stereocenters. The predicted octanol–water partition coefficient (Wildman–Crippen LogP) is 3.17. The van der Waals surface area contributed by atoms with Crippen LogP contribution in [0.4, 0.5) is 0 Å². The summed E-state index contributed by atoms with van der Waals surface area (Å²) in [5.74, 6) is 0.898. The SMILES string of the molecule is Cc1cccc(OCCC(N)c2cncc(C)c2)c1. The number of aromatic nitrogens is 1. The molecule has 3 heteroatoms. The Balaban J connectivity index is 1.85. The van der Waals surface area contributed by atoms with Gasteiger partial charge in [-0.2, -0.15) is 0 Å².